The predicted octanol–water partition coefficient (Wildman–Crippen LogP) is 2.21. The summed E-state index contributed by atoms with van der Waals surface area (Å²) in [4.78, 5) is 4.14. The Hall–Kier alpha value is -2.02. The summed E-state index contributed by atoms with van der Waals surface area (Å²) in [6.07, 6.45) is 1.14. The fraction of sp³-hybridized carbons (Fsp3) is 0.385. The normalized spacial score (nSPS) is 21.8. The van der Waals surface area contributed by atoms with Gasteiger partial charge >= 0.3 is 0 Å². The van der Waals surface area contributed by atoms with E-state index in [0.29, 0.717) is 24.2 Å². The van der Waals surface area contributed by atoms with Gasteiger partial charge in [0.2, 0.25) is 5.95 Å². The van der Waals surface area contributed by atoms with E-state index in [1.54, 1.807) is 11.8 Å². The SMILES string of the molecule is COC1CCC(c2cc(F)cc(F)c2)n2nc(N)nc21. The number of nitrogen functional groups attached to an aromatic ring is 1. The monoisotopic (exact) mass is 280 g/mol. The molecule has 1 aliphatic rings. The Morgan fingerprint density at radius 2 is 1.95 bits per heavy atom. The third-order valence-electron chi connectivity index (χ3n) is 3.51. The summed E-state index contributed by atoms with van der Waals surface area (Å²) in [5.41, 5.74) is 6.15. The molecule has 0 amide bonds. The van der Waals surface area contributed by atoms with Crippen LogP contribution in [0.1, 0.15) is 36.4 Å². The molecule has 2 N–H and O–H groups in total. The molecule has 5 nitrogen and oxygen atoms in total. The summed E-state index contributed by atoms with van der Waals surface area (Å²) in [7, 11) is 1.59. The van der Waals surface area contributed by atoms with Gasteiger partial charge in [0.25, 0.3) is 0 Å². The van der Waals surface area contributed by atoms with Crippen LogP contribution in [0.5, 0.6) is 0 Å². The van der Waals surface area contributed by atoms with E-state index < -0.39 is 11.6 Å². The first-order valence-electron chi connectivity index (χ1n) is 6.29. The molecular weight excluding hydrogens is 266 g/mol. The van der Waals surface area contributed by atoms with Gasteiger partial charge in [-0.1, -0.05) is 0 Å². The quantitative estimate of drug-likeness (QED) is 0.916. The van der Waals surface area contributed by atoms with Gasteiger partial charge in [0.1, 0.15) is 17.7 Å². The van der Waals surface area contributed by atoms with Gasteiger partial charge in [-0.15, -0.1) is 5.10 Å². The lowest BCUT2D eigenvalue weighted by Gasteiger charge is -2.28. The standard InChI is InChI=1S/C13H14F2N4O/c1-20-11-3-2-10(19-12(11)17-13(16)18-19)7-4-8(14)6-9(15)5-7/h4-6,10-11H,2-3H2,1H3,(H2,16,18). The van der Waals surface area contributed by atoms with E-state index in [0.717, 1.165) is 6.07 Å². The molecule has 7 heteroatoms. The van der Waals surface area contributed by atoms with E-state index >= 15 is 0 Å². The smallest absolute Gasteiger partial charge is 0.239 e. The number of aromatic nitrogens is 3. The molecule has 0 bridgehead atoms. The van der Waals surface area contributed by atoms with Crippen LogP contribution < -0.4 is 5.73 Å². The van der Waals surface area contributed by atoms with Crippen molar-refractivity contribution in [2.45, 2.75) is 25.0 Å². The number of benzene rings is 1. The molecule has 2 atom stereocenters. The maximum absolute atomic E-state index is 13.4. The predicted molar refractivity (Wildman–Crippen MR) is 67.9 cm³/mol. The van der Waals surface area contributed by atoms with Crippen LogP contribution in [0.2, 0.25) is 0 Å². The van der Waals surface area contributed by atoms with Crippen LogP contribution in [0.4, 0.5) is 14.7 Å². The van der Waals surface area contributed by atoms with E-state index in [9.17, 15) is 8.78 Å². The largest absolute Gasteiger partial charge is 0.373 e. The number of ether oxygens (including phenoxy) is 1. The Balaban J connectivity index is 2.07. The Morgan fingerprint density at radius 3 is 2.60 bits per heavy atom. The zero-order chi connectivity index (χ0) is 14.3. The Labute approximate surface area is 114 Å². The molecule has 0 aliphatic carbocycles. The molecule has 106 valence electrons. The van der Waals surface area contributed by atoms with Crippen LogP contribution in [0.25, 0.3) is 0 Å². The van der Waals surface area contributed by atoms with Crippen molar-refractivity contribution in [3.63, 3.8) is 0 Å². The van der Waals surface area contributed by atoms with Crippen molar-refractivity contribution in [3.05, 3.63) is 41.2 Å². The fourth-order valence-corrected chi connectivity index (χ4v) is 2.66. The van der Waals surface area contributed by atoms with Gasteiger partial charge in [0.05, 0.1) is 6.04 Å². The summed E-state index contributed by atoms with van der Waals surface area (Å²) in [5, 5.41) is 4.12. The van der Waals surface area contributed by atoms with Gasteiger partial charge in [-0.3, -0.25) is 0 Å². The number of hydrogen-bond donors (Lipinski definition) is 1. The number of anilines is 1. The highest BCUT2D eigenvalue weighted by atomic mass is 19.1. The number of nitrogens with zero attached hydrogens (tertiary/aromatic N) is 3. The average Bonchev–Trinajstić information content (AvgIpc) is 2.77. The molecule has 0 saturated heterocycles. The molecule has 1 aromatic carbocycles. The Bertz CT molecular complexity index is 623. The molecule has 3 rings (SSSR count). The van der Waals surface area contributed by atoms with Crippen LogP contribution in [0, 0.1) is 11.6 Å². The summed E-state index contributed by atoms with van der Waals surface area (Å²) in [5.74, 6) is -0.497. The zero-order valence-corrected chi connectivity index (χ0v) is 10.9. The van der Waals surface area contributed by atoms with E-state index in [-0.39, 0.29) is 18.1 Å². The first kappa shape index (κ1) is 13.0. The Morgan fingerprint density at radius 1 is 1.25 bits per heavy atom. The van der Waals surface area contributed by atoms with Crippen molar-refractivity contribution in [1.82, 2.24) is 14.8 Å². The molecule has 2 heterocycles. The number of nitrogens with two attached hydrogens (primary N) is 1. The topological polar surface area (TPSA) is 66.0 Å². The number of methoxy groups -OCH3 is 1. The van der Waals surface area contributed by atoms with Gasteiger partial charge in [-0.2, -0.15) is 4.98 Å². The Kier molecular flexibility index (Phi) is 3.13. The maximum Gasteiger partial charge on any atom is 0.239 e. The van der Waals surface area contributed by atoms with Gasteiger partial charge in [-0.25, -0.2) is 13.5 Å². The third-order valence-corrected chi connectivity index (χ3v) is 3.51. The second kappa shape index (κ2) is 4.82. The maximum atomic E-state index is 13.4. The molecular formula is C13H14F2N4O. The molecule has 0 radical (unpaired) electrons. The number of hydrogen-bond acceptors (Lipinski definition) is 4. The second-order valence-electron chi connectivity index (χ2n) is 4.79. The van der Waals surface area contributed by atoms with E-state index in [4.69, 9.17) is 10.5 Å². The number of fused-ring (bicyclic) bond motifs is 1. The number of rotatable bonds is 2. The lowest BCUT2D eigenvalue weighted by Crippen LogP contribution is -2.24. The van der Waals surface area contributed by atoms with E-state index in [2.05, 4.69) is 10.1 Å². The zero-order valence-electron chi connectivity index (χ0n) is 10.9. The van der Waals surface area contributed by atoms with Gasteiger partial charge in [0.15, 0.2) is 5.82 Å². The lowest BCUT2D eigenvalue weighted by atomic mass is 9.96. The first-order valence-corrected chi connectivity index (χ1v) is 6.29. The van der Waals surface area contributed by atoms with Crippen LogP contribution in [-0.2, 0) is 4.74 Å². The third kappa shape index (κ3) is 2.14. The minimum Gasteiger partial charge on any atom is -0.373 e. The summed E-state index contributed by atoms with van der Waals surface area (Å²) >= 11 is 0. The molecule has 1 aliphatic heterocycles. The molecule has 0 fully saturated rings. The fourth-order valence-electron chi connectivity index (χ4n) is 2.66. The summed E-state index contributed by atoms with van der Waals surface area (Å²) < 4.78 is 33.7. The number of halogens is 2. The van der Waals surface area contributed by atoms with E-state index in [1.807, 2.05) is 0 Å². The van der Waals surface area contributed by atoms with Crippen molar-refractivity contribution in [3.8, 4) is 0 Å². The highest BCUT2D eigenvalue weighted by Crippen LogP contribution is 2.36. The average molecular weight is 280 g/mol. The highest BCUT2D eigenvalue weighted by molar-refractivity contribution is 5.26. The summed E-state index contributed by atoms with van der Waals surface area (Å²) in [6.45, 7) is 0. The second-order valence-corrected chi connectivity index (χ2v) is 4.79. The van der Waals surface area contributed by atoms with Gasteiger partial charge in [-0.05, 0) is 30.5 Å². The molecule has 0 saturated carbocycles. The van der Waals surface area contributed by atoms with Crippen molar-refractivity contribution in [2.75, 3.05) is 12.8 Å². The van der Waals surface area contributed by atoms with Crippen molar-refractivity contribution >= 4 is 5.95 Å². The van der Waals surface area contributed by atoms with Crippen LogP contribution in [-0.4, -0.2) is 21.9 Å². The molecule has 2 aromatic rings. The molecule has 2 unspecified atom stereocenters. The van der Waals surface area contributed by atoms with Crippen molar-refractivity contribution in [1.29, 1.82) is 0 Å². The van der Waals surface area contributed by atoms with Crippen LogP contribution in [0.15, 0.2) is 18.2 Å². The molecule has 1 aromatic heterocycles. The minimum atomic E-state index is -0.608. The molecule has 0 spiro atoms. The first-order chi connectivity index (χ1) is 9.58. The summed E-state index contributed by atoms with van der Waals surface area (Å²) in [6, 6.07) is 3.18. The highest BCUT2D eigenvalue weighted by Gasteiger charge is 2.31. The van der Waals surface area contributed by atoms with Crippen LogP contribution >= 0.6 is 0 Å². The van der Waals surface area contributed by atoms with Crippen molar-refractivity contribution in [2.24, 2.45) is 0 Å². The van der Waals surface area contributed by atoms with Crippen molar-refractivity contribution < 1.29 is 13.5 Å². The lowest BCUT2D eigenvalue weighted by molar-refractivity contribution is 0.0648. The van der Waals surface area contributed by atoms with Gasteiger partial charge in [0, 0.05) is 13.2 Å². The van der Waals surface area contributed by atoms with Crippen LogP contribution in [0.3, 0.4) is 0 Å². The minimum absolute atomic E-state index is 0.130. The molecule has 20 heavy (non-hydrogen) atoms. The van der Waals surface area contributed by atoms with E-state index in [1.165, 1.54) is 12.1 Å². The van der Waals surface area contributed by atoms with Gasteiger partial charge < -0.3 is 10.5 Å².